The lowest BCUT2D eigenvalue weighted by Crippen LogP contribution is -2.31. The summed E-state index contributed by atoms with van der Waals surface area (Å²) in [4.78, 5) is 15.9. The largest absolute Gasteiger partial charge is 0.392 e. The molecule has 0 bridgehead atoms. The molecule has 1 amide bonds. The highest BCUT2D eigenvalue weighted by molar-refractivity contribution is 8.01. The number of fused-ring (bicyclic) bond motifs is 1. The van der Waals surface area contributed by atoms with Gasteiger partial charge in [-0.05, 0) is 19.1 Å². The summed E-state index contributed by atoms with van der Waals surface area (Å²) >= 11 is 3.01. The maximum absolute atomic E-state index is 11.5. The summed E-state index contributed by atoms with van der Waals surface area (Å²) in [6.07, 6.45) is -0.513. The molecule has 2 rings (SSSR count). The van der Waals surface area contributed by atoms with Gasteiger partial charge in [0, 0.05) is 6.54 Å². The van der Waals surface area contributed by atoms with Gasteiger partial charge in [0.05, 0.1) is 22.1 Å². The topological polar surface area (TPSA) is 62.2 Å². The van der Waals surface area contributed by atoms with Gasteiger partial charge in [-0.2, -0.15) is 0 Å². The summed E-state index contributed by atoms with van der Waals surface area (Å²) in [5, 5.41) is 11.7. The molecule has 2 N–H and O–H groups in total. The van der Waals surface area contributed by atoms with Crippen LogP contribution in [0, 0.1) is 0 Å². The molecular formula is C12H14N2O2S2. The van der Waals surface area contributed by atoms with E-state index in [-0.39, 0.29) is 5.91 Å². The zero-order valence-electron chi connectivity index (χ0n) is 9.92. The summed E-state index contributed by atoms with van der Waals surface area (Å²) in [5.74, 6) is 0.243. The Morgan fingerprint density at radius 1 is 1.56 bits per heavy atom. The predicted molar refractivity (Wildman–Crippen MR) is 75.0 cm³/mol. The molecule has 18 heavy (non-hydrogen) atoms. The number of nitrogens with zero attached hydrogens (tertiary/aromatic N) is 1. The first-order valence-electron chi connectivity index (χ1n) is 5.58. The molecular weight excluding hydrogens is 268 g/mol. The molecule has 4 nitrogen and oxygen atoms in total. The highest BCUT2D eigenvalue weighted by Crippen LogP contribution is 2.28. The summed E-state index contributed by atoms with van der Waals surface area (Å²) in [6, 6.07) is 7.91. The maximum Gasteiger partial charge on any atom is 0.230 e. The van der Waals surface area contributed by atoms with Gasteiger partial charge >= 0.3 is 0 Å². The standard InChI is InChI=1S/C12H14N2O2S2/c1-8(15)6-13-11(16)7-17-12-14-9-4-2-3-5-10(9)18-12/h2-5,8,15H,6-7H2,1H3,(H,13,16). The van der Waals surface area contributed by atoms with Gasteiger partial charge in [0.1, 0.15) is 0 Å². The van der Waals surface area contributed by atoms with Crippen molar-refractivity contribution in [2.75, 3.05) is 12.3 Å². The van der Waals surface area contributed by atoms with E-state index < -0.39 is 6.10 Å². The van der Waals surface area contributed by atoms with Crippen LogP contribution in [-0.4, -0.2) is 34.4 Å². The van der Waals surface area contributed by atoms with Crippen LogP contribution in [0.25, 0.3) is 10.2 Å². The van der Waals surface area contributed by atoms with Gasteiger partial charge in [-0.3, -0.25) is 4.79 Å². The van der Waals surface area contributed by atoms with Crippen molar-refractivity contribution < 1.29 is 9.90 Å². The fraction of sp³-hybridized carbons (Fsp3) is 0.333. The molecule has 0 saturated carbocycles. The third-order valence-corrected chi connectivity index (χ3v) is 4.38. The number of hydrogen-bond acceptors (Lipinski definition) is 5. The van der Waals surface area contributed by atoms with Crippen molar-refractivity contribution in [2.45, 2.75) is 17.4 Å². The Hall–Kier alpha value is -1.11. The Morgan fingerprint density at radius 2 is 2.33 bits per heavy atom. The fourth-order valence-corrected chi connectivity index (χ4v) is 3.25. The highest BCUT2D eigenvalue weighted by atomic mass is 32.2. The average Bonchev–Trinajstić information content (AvgIpc) is 2.76. The number of aromatic nitrogens is 1. The SMILES string of the molecule is CC(O)CNC(=O)CSc1nc2ccccc2s1. The minimum Gasteiger partial charge on any atom is -0.392 e. The number of benzene rings is 1. The number of thioether (sulfide) groups is 1. The van der Waals surface area contributed by atoms with Crippen molar-refractivity contribution in [3.63, 3.8) is 0 Å². The molecule has 0 aliphatic heterocycles. The molecule has 1 aromatic carbocycles. The van der Waals surface area contributed by atoms with Gasteiger partial charge in [-0.1, -0.05) is 23.9 Å². The molecule has 6 heteroatoms. The molecule has 1 atom stereocenters. The van der Waals surface area contributed by atoms with E-state index in [9.17, 15) is 4.79 Å². The van der Waals surface area contributed by atoms with Gasteiger partial charge in [0.25, 0.3) is 0 Å². The van der Waals surface area contributed by atoms with E-state index in [4.69, 9.17) is 5.11 Å². The first kappa shape index (κ1) is 13.3. The Bertz CT molecular complexity index is 507. The van der Waals surface area contributed by atoms with Crippen LogP contribution in [0.4, 0.5) is 0 Å². The number of nitrogens with one attached hydrogen (secondary N) is 1. The number of thiazole rings is 1. The third kappa shape index (κ3) is 3.69. The van der Waals surface area contributed by atoms with Crippen molar-refractivity contribution in [3.8, 4) is 0 Å². The molecule has 0 saturated heterocycles. The van der Waals surface area contributed by atoms with Crippen LogP contribution in [-0.2, 0) is 4.79 Å². The monoisotopic (exact) mass is 282 g/mol. The lowest BCUT2D eigenvalue weighted by atomic mass is 10.3. The second-order valence-corrected chi connectivity index (χ2v) is 6.14. The maximum atomic E-state index is 11.5. The molecule has 0 spiro atoms. The van der Waals surface area contributed by atoms with Gasteiger partial charge < -0.3 is 10.4 Å². The van der Waals surface area contributed by atoms with Crippen LogP contribution in [0.2, 0.25) is 0 Å². The van der Waals surface area contributed by atoms with E-state index in [1.165, 1.54) is 11.8 Å². The van der Waals surface area contributed by atoms with Crippen molar-refractivity contribution >= 4 is 39.2 Å². The van der Waals surface area contributed by atoms with E-state index in [0.29, 0.717) is 12.3 Å². The van der Waals surface area contributed by atoms with Crippen LogP contribution in [0.1, 0.15) is 6.92 Å². The number of carbonyl (C=O) groups is 1. The van der Waals surface area contributed by atoms with E-state index in [0.717, 1.165) is 14.6 Å². The van der Waals surface area contributed by atoms with Crippen LogP contribution in [0.5, 0.6) is 0 Å². The van der Waals surface area contributed by atoms with Gasteiger partial charge in [0.2, 0.25) is 5.91 Å². The number of rotatable bonds is 5. The second-order valence-electron chi connectivity index (χ2n) is 3.89. The van der Waals surface area contributed by atoms with Crippen molar-refractivity contribution in [2.24, 2.45) is 0 Å². The molecule has 1 unspecified atom stereocenters. The molecule has 0 fully saturated rings. The van der Waals surface area contributed by atoms with Crippen molar-refractivity contribution in [1.82, 2.24) is 10.3 Å². The van der Waals surface area contributed by atoms with Crippen LogP contribution < -0.4 is 5.32 Å². The molecule has 0 aliphatic rings. The Balaban J connectivity index is 1.88. The zero-order chi connectivity index (χ0) is 13.0. The molecule has 1 aromatic heterocycles. The van der Waals surface area contributed by atoms with Gasteiger partial charge in [-0.25, -0.2) is 4.98 Å². The van der Waals surface area contributed by atoms with Crippen LogP contribution in [0.3, 0.4) is 0 Å². The van der Waals surface area contributed by atoms with Crippen molar-refractivity contribution in [1.29, 1.82) is 0 Å². The summed E-state index contributed by atoms with van der Waals surface area (Å²) in [6.45, 7) is 1.93. The lowest BCUT2D eigenvalue weighted by Gasteiger charge is -2.05. The number of hydrogen-bond donors (Lipinski definition) is 2. The average molecular weight is 282 g/mol. The number of para-hydroxylation sites is 1. The molecule has 2 aromatic rings. The third-order valence-electron chi connectivity index (χ3n) is 2.20. The molecule has 0 aliphatic carbocycles. The number of amides is 1. The summed E-state index contributed by atoms with van der Waals surface area (Å²) in [5.41, 5.74) is 0.967. The second kappa shape index (κ2) is 6.17. The van der Waals surface area contributed by atoms with Gasteiger partial charge in [-0.15, -0.1) is 11.3 Å². The Kier molecular flexibility index (Phi) is 4.57. The Labute approximate surface area is 113 Å². The molecule has 0 radical (unpaired) electrons. The summed E-state index contributed by atoms with van der Waals surface area (Å²) in [7, 11) is 0. The minimum absolute atomic E-state index is 0.0832. The normalized spacial score (nSPS) is 12.6. The van der Waals surface area contributed by atoms with E-state index in [2.05, 4.69) is 10.3 Å². The molecule has 1 heterocycles. The number of aliphatic hydroxyl groups is 1. The van der Waals surface area contributed by atoms with E-state index in [1.807, 2.05) is 24.3 Å². The van der Waals surface area contributed by atoms with Gasteiger partial charge in [0.15, 0.2) is 4.34 Å². The minimum atomic E-state index is -0.513. The van der Waals surface area contributed by atoms with E-state index in [1.54, 1.807) is 18.3 Å². The quantitative estimate of drug-likeness (QED) is 0.822. The highest BCUT2D eigenvalue weighted by Gasteiger charge is 2.07. The van der Waals surface area contributed by atoms with Crippen molar-refractivity contribution in [3.05, 3.63) is 24.3 Å². The number of carbonyl (C=O) groups excluding carboxylic acids is 1. The molecule has 96 valence electrons. The first-order chi connectivity index (χ1) is 8.65. The zero-order valence-corrected chi connectivity index (χ0v) is 11.6. The number of aliphatic hydroxyl groups excluding tert-OH is 1. The Morgan fingerprint density at radius 3 is 3.06 bits per heavy atom. The van der Waals surface area contributed by atoms with Crippen LogP contribution >= 0.6 is 23.1 Å². The smallest absolute Gasteiger partial charge is 0.230 e. The van der Waals surface area contributed by atoms with Crippen LogP contribution in [0.15, 0.2) is 28.6 Å². The van der Waals surface area contributed by atoms with E-state index >= 15 is 0 Å². The fourth-order valence-electron chi connectivity index (χ4n) is 1.35. The predicted octanol–water partition coefficient (Wildman–Crippen LogP) is 1.89. The first-order valence-corrected chi connectivity index (χ1v) is 7.38. The summed E-state index contributed by atoms with van der Waals surface area (Å²) < 4.78 is 2.02. The lowest BCUT2D eigenvalue weighted by molar-refractivity contribution is -0.118.